The molecule has 0 spiro atoms. The average Bonchev–Trinajstić information content (AvgIpc) is 2.58. The van der Waals surface area contributed by atoms with E-state index in [0.29, 0.717) is 12.1 Å². The molecule has 3 nitrogen and oxygen atoms in total. The number of aryl methyl sites for hydroxylation is 1. The van der Waals surface area contributed by atoms with Crippen molar-refractivity contribution < 1.29 is 0 Å². The second kappa shape index (κ2) is 5.34. The summed E-state index contributed by atoms with van der Waals surface area (Å²) in [5, 5.41) is 8.31. The van der Waals surface area contributed by atoms with Gasteiger partial charge < -0.3 is 5.32 Å². The molecule has 96 valence electrons. The van der Waals surface area contributed by atoms with Crippen molar-refractivity contribution in [2.45, 2.75) is 52.6 Å². The van der Waals surface area contributed by atoms with Crippen molar-refractivity contribution in [2.75, 3.05) is 16.8 Å². The van der Waals surface area contributed by atoms with E-state index < -0.39 is 0 Å². The molecule has 2 heterocycles. The zero-order valence-corrected chi connectivity index (χ0v) is 12.1. The molecule has 1 atom stereocenters. The summed E-state index contributed by atoms with van der Waals surface area (Å²) >= 11 is 2.06. The largest absolute Gasteiger partial charge is 0.379 e. The molecule has 1 aliphatic heterocycles. The van der Waals surface area contributed by atoms with Crippen LogP contribution in [0.5, 0.6) is 0 Å². The molecule has 1 aliphatic rings. The Kier molecular flexibility index (Phi) is 4.02. The summed E-state index contributed by atoms with van der Waals surface area (Å²) in [6.07, 6.45) is 2.62. The van der Waals surface area contributed by atoms with Gasteiger partial charge in [0.2, 0.25) is 0 Å². The highest BCUT2D eigenvalue weighted by Gasteiger charge is 2.18. The summed E-state index contributed by atoms with van der Waals surface area (Å²) in [7, 11) is 0. The van der Waals surface area contributed by atoms with Crippen molar-refractivity contribution in [3.8, 4) is 0 Å². The fourth-order valence-corrected chi connectivity index (χ4v) is 3.51. The summed E-state index contributed by atoms with van der Waals surface area (Å²) in [4.78, 5) is 0. The van der Waals surface area contributed by atoms with Crippen molar-refractivity contribution in [3.05, 3.63) is 11.4 Å². The number of anilines is 1. The maximum absolute atomic E-state index is 4.62. The van der Waals surface area contributed by atoms with Crippen LogP contribution in [0.2, 0.25) is 0 Å². The molecule has 0 aromatic carbocycles. The normalized spacial score (nSPS) is 20.9. The van der Waals surface area contributed by atoms with Crippen LogP contribution in [0.25, 0.3) is 0 Å². The Morgan fingerprint density at radius 1 is 1.41 bits per heavy atom. The molecule has 1 unspecified atom stereocenters. The van der Waals surface area contributed by atoms with Crippen LogP contribution < -0.4 is 5.32 Å². The maximum Gasteiger partial charge on any atom is 0.0828 e. The highest BCUT2D eigenvalue weighted by atomic mass is 32.2. The number of rotatable bonds is 3. The average molecular weight is 253 g/mol. The standard InChI is InChI=1S/C13H23N3S/c1-9(2)16-11(4)13(10(3)15-16)14-12-6-5-7-17-8-12/h9,12,14H,5-8H2,1-4H3. The van der Waals surface area contributed by atoms with Gasteiger partial charge in [0.1, 0.15) is 0 Å². The van der Waals surface area contributed by atoms with Crippen molar-refractivity contribution in [2.24, 2.45) is 0 Å². The third-order valence-corrected chi connectivity index (χ3v) is 4.54. The molecule has 1 saturated heterocycles. The number of nitrogens with one attached hydrogen (secondary N) is 1. The van der Waals surface area contributed by atoms with Gasteiger partial charge in [-0.05, 0) is 46.3 Å². The lowest BCUT2D eigenvalue weighted by molar-refractivity contribution is 0.516. The third-order valence-electron chi connectivity index (χ3n) is 3.32. The van der Waals surface area contributed by atoms with Gasteiger partial charge in [0, 0.05) is 17.8 Å². The van der Waals surface area contributed by atoms with Crippen LogP contribution in [-0.2, 0) is 0 Å². The molecular formula is C13H23N3S. The Hall–Kier alpha value is -0.640. The molecule has 4 heteroatoms. The zero-order valence-electron chi connectivity index (χ0n) is 11.3. The minimum absolute atomic E-state index is 0.435. The van der Waals surface area contributed by atoms with Crippen LogP contribution in [-0.4, -0.2) is 27.3 Å². The van der Waals surface area contributed by atoms with E-state index in [1.165, 1.54) is 35.7 Å². The molecular weight excluding hydrogens is 230 g/mol. The Balaban J connectivity index is 2.14. The summed E-state index contributed by atoms with van der Waals surface area (Å²) in [6, 6.07) is 1.06. The number of aromatic nitrogens is 2. The first-order valence-corrected chi connectivity index (χ1v) is 7.65. The smallest absolute Gasteiger partial charge is 0.0828 e. The molecule has 0 radical (unpaired) electrons. The first-order chi connectivity index (χ1) is 8.09. The molecule has 2 rings (SSSR count). The van der Waals surface area contributed by atoms with E-state index in [4.69, 9.17) is 0 Å². The number of hydrogen-bond donors (Lipinski definition) is 1. The molecule has 1 fully saturated rings. The highest BCUT2D eigenvalue weighted by Crippen LogP contribution is 2.26. The van der Waals surface area contributed by atoms with Gasteiger partial charge in [0.15, 0.2) is 0 Å². The molecule has 0 saturated carbocycles. The lowest BCUT2D eigenvalue weighted by Crippen LogP contribution is -2.26. The summed E-state index contributed by atoms with van der Waals surface area (Å²) in [6.45, 7) is 8.63. The fourth-order valence-electron chi connectivity index (χ4n) is 2.43. The molecule has 1 N–H and O–H groups in total. The van der Waals surface area contributed by atoms with Crippen LogP contribution in [0.3, 0.4) is 0 Å². The van der Waals surface area contributed by atoms with Gasteiger partial charge in [-0.25, -0.2) is 0 Å². The lowest BCUT2D eigenvalue weighted by Gasteiger charge is -2.23. The van der Waals surface area contributed by atoms with E-state index in [9.17, 15) is 0 Å². The van der Waals surface area contributed by atoms with Gasteiger partial charge in [-0.1, -0.05) is 0 Å². The SMILES string of the molecule is Cc1nn(C(C)C)c(C)c1NC1CCCSC1. The number of nitrogens with zero attached hydrogens (tertiary/aromatic N) is 2. The fraction of sp³-hybridized carbons (Fsp3) is 0.769. The predicted octanol–water partition coefficient (Wildman–Crippen LogP) is 3.39. The van der Waals surface area contributed by atoms with Gasteiger partial charge in [-0.2, -0.15) is 16.9 Å². The molecule has 1 aromatic rings. The molecule has 0 aliphatic carbocycles. The monoisotopic (exact) mass is 253 g/mol. The van der Waals surface area contributed by atoms with E-state index in [0.717, 1.165) is 5.69 Å². The van der Waals surface area contributed by atoms with Crippen molar-refractivity contribution >= 4 is 17.4 Å². The minimum Gasteiger partial charge on any atom is -0.379 e. The van der Waals surface area contributed by atoms with E-state index >= 15 is 0 Å². The third kappa shape index (κ3) is 2.79. The quantitative estimate of drug-likeness (QED) is 0.895. The van der Waals surface area contributed by atoms with Gasteiger partial charge in [-0.3, -0.25) is 4.68 Å². The van der Waals surface area contributed by atoms with Crippen molar-refractivity contribution in [1.29, 1.82) is 0 Å². The van der Waals surface area contributed by atoms with Crippen molar-refractivity contribution in [1.82, 2.24) is 9.78 Å². The highest BCUT2D eigenvalue weighted by molar-refractivity contribution is 7.99. The topological polar surface area (TPSA) is 29.9 Å². The van der Waals surface area contributed by atoms with E-state index in [2.05, 4.69) is 54.6 Å². The Labute approximate surface area is 108 Å². The summed E-state index contributed by atoms with van der Waals surface area (Å²) in [5.74, 6) is 2.55. The molecule has 17 heavy (non-hydrogen) atoms. The van der Waals surface area contributed by atoms with Crippen LogP contribution in [0.15, 0.2) is 0 Å². The van der Waals surface area contributed by atoms with E-state index in [1.54, 1.807) is 0 Å². The van der Waals surface area contributed by atoms with E-state index in [-0.39, 0.29) is 0 Å². The second-order valence-electron chi connectivity index (χ2n) is 5.14. The second-order valence-corrected chi connectivity index (χ2v) is 6.29. The number of hydrogen-bond acceptors (Lipinski definition) is 3. The summed E-state index contributed by atoms with van der Waals surface area (Å²) in [5.41, 5.74) is 3.66. The first-order valence-electron chi connectivity index (χ1n) is 6.49. The van der Waals surface area contributed by atoms with Gasteiger partial charge in [0.25, 0.3) is 0 Å². The first kappa shape index (κ1) is 12.8. The molecule has 1 aromatic heterocycles. The number of thioether (sulfide) groups is 1. The Morgan fingerprint density at radius 3 is 2.71 bits per heavy atom. The zero-order chi connectivity index (χ0) is 12.4. The predicted molar refractivity (Wildman–Crippen MR) is 76.1 cm³/mol. The van der Waals surface area contributed by atoms with Gasteiger partial charge >= 0.3 is 0 Å². The molecule has 0 bridgehead atoms. The van der Waals surface area contributed by atoms with Crippen LogP contribution in [0.4, 0.5) is 5.69 Å². The van der Waals surface area contributed by atoms with Gasteiger partial charge in [0.05, 0.1) is 17.1 Å². The van der Waals surface area contributed by atoms with Crippen LogP contribution in [0.1, 0.15) is 44.1 Å². The van der Waals surface area contributed by atoms with Gasteiger partial charge in [-0.15, -0.1) is 0 Å². The van der Waals surface area contributed by atoms with Crippen LogP contribution in [0, 0.1) is 13.8 Å². The Morgan fingerprint density at radius 2 is 2.18 bits per heavy atom. The van der Waals surface area contributed by atoms with Crippen LogP contribution >= 0.6 is 11.8 Å². The lowest BCUT2D eigenvalue weighted by atomic mass is 10.1. The Bertz CT molecular complexity index is 378. The minimum atomic E-state index is 0.435. The summed E-state index contributed by atoms with van der Waals surface area (Å²) < 4.78 is 2.12. The van der Waals surface area contributed by atoms with Crippen molar-refractivity contribution in [3.63, 3.8) is 0 Å². The van der Waals surface area contributed by atoms with E-state index in [1.807, 2.05) is 0 Å². The maximum atomic E-state index is 4.62. The molecule has 0 amide bonds.